The van der Waals surface area contributed by atoms with Crippen LogP contribution in [0.2, 0.25) is 0 Å². The molecule has 0 amide bonds. The number of halogens is 1. The monoisotopic (exact) mass is 206 g/mol. The molecule has 0 rings (SSSR count). The summed E-state index contributed by atoms with van der Waals surface area (Å²) in [5, 5.41) is 0. The topological polar surface area (TPSA) is 9.23 Å². The number of ether oxygens (including phenoxy) is 1. The Kier molecular flexibility index (Phi) is 12.5. The molecule has 0 saturated heterocycles. The summed E-state index contributed by atoms with van der Waals surface area (Å²) in [5.74, 6) is 0. The lowest BCUT2D eigenvalue weighted by molar-refractivity contribution is 0.173. The van der Waals surface area contributed by atoms with E-state index in [-0.39, 0.29) is 0 Å². The molecule has 0 aliphatic carbocycles. The first kappa shape index (κ1) is 13.2. The van der Waals surface area contributed by atoms with Gasteiger partial charge in [0, 0.05) is 6.61 Å². The summed E-state index contributed by atoms with van der Waals surface area (Å²) in [5.41, 5.74) is 0. The molecule has 1 nitrogen and oxygen atoms in total. The van der Waals surface area contributed by atoms with Gasteiger partial charge in [0.1, 0.15) is 6.07 Å². The van der Waals surface area contributed by atoms with Gasteiger partial charge in [-0.05, 0) is 6.42 Å². The predicted molar refractivity (Wildman–Crippen MR) is 59.3 cm³/mol. The molecule has 0 radical (unpaired) electrons. The third-order valence-electron chi connectivity index (χ3n) is 2.22. The maximum atomic E-state index is 5.38. The first-order valence-electron chi connectivity index (χ1n) is 5.55. The van der Waals surface area contributed by atoms with Crippen LogP contribution >= 0.6 is 11.6 Å². The lowest BCUT2D eigenvalue weighted by atomic mass is 10.1. The molecule has 0 aromatic carbocycles. The van der Waals surface area contributed by atoms with Crippen LogP contribution in [-0.4, -0.2) is 12.7 Å². The van der Waals surface area contributed by atoms with E-state index in [1.807, 2.05) is 0 Å². The first-order valence-corrected chi connectivity index (χ1v) is 6.09. The van der Waals surface area contributed by atoms with Crippen LogP contribution in [0.5, 0.6) is 0 Å². The Morgan fingerprint density at radius 3 is 1.92 bits per heavy atom. The fourth-order valence-corrected chi connectivity index (χ4v) is 1.50. The van der Waals surface area contributed by atoms with Crippen molar-refractivity contribution in [1.82, 2.24) is 0 Å². The summed E-state index contributed by atoms with van der Waals surface area (Å²) in [6.45, 7) is 3.09. The molecule has 0 N–H and O–H groups in total. The molecule has 0 bridgehead atoms. The largest absolute Gasteiger partial charge is 0.366 e. The van der Waals surface area contributed by atoms with Crippen molar-refractivity contribution in [3.63, 3.8) is 0 Å². The minimum atomic E-state index is 0.344. The number of hydrogen-bond acceptors (Lipinski definition) is 1. The van der Waals surface area contributed by atoms with Crippen molar-refractivity contribution in [3.8, 4) is 0 Å². The van der Waals surface area contributed by atoms with Crippen LogP contribution in [0.25, 0.3) is 0 Å². The van der Waals surface area contributed by atoms with Crippen molar-refractivity contribution in [2.75, 3.05) is 12.7 Å². The smallest absolute Gasteiger partial charge is 0.120 e. The second-order valence-electron chi connectivity index (χ2n) is 3.49. The van der Waals surface area contributed by atoms with E-state index < -0.39 is 0 Å². The van der Waals surface area contributed by atoms with Gasteiger partial charge in [-0.1, -0.05) is 63.5 Å². The van der Waals surface area contributed by atoms with Crippen molar-refractivity contribution < 1.29 is 4.74 Å². The van der Waals surface area contributed by atoms with Gasteiger partial charge in [0.15, 0.2) is 0 Å². The minimum Gasteiger partial charge on any atom is -0.366 e. The molecule has 0 aromatic rings. The molecule has 0 aromatic heterocycles. The van der Waals surface area contributed by atoms with Crippen molar-refractivity contribution in [1.29, 1.82) is 0 Å². The highest BCUT2D eigenvalue weighted by Gasteiger charge is 1.91. The molecule has 2 heteroatoms. The zero-order chi connectivity index (χ0) is 9.78. The van der Waals surface area contributed by atoms with Crippen LogP contribution in [0.1, 0.15) is 58.3 Å². The van der Waals surface area contributed by atoms with Gasteiger partial charge in [-0.25, -0.2) is 0 Å². The van der Waals surface area contributed by atoms with Gasteiger partial charge in [0.2, 0.25) is 0 Å². The van der Waals surface area contributed by atoms with Gasteiger partial charge >= 0.3 is 0 Å². The summed E-state index contributed by atoms with van der Waals surface area (Å²) >= 11 is 5.38. The lowest BCUT2D eigenvalue weighted by Crippen LogP contribution is -1.91. The van der Waals surface area contributed by atoms with Crippen LogP contribution < -0.4 is 0 Å². The highest BCUT2D eigenvalue weighted by Crippen LogP contribution is 2.08. The van der Waals surface area contributed by atoms with E-state index in [1.54, 1.807) is 0 Å². The fraction of sp³-hybridized carbons (Fsp3) is 1.00. The van der Waals surface area contributed by atoms with Gasteiger partial charge in [-0.15, -0.1) is 0 Å². The lowest BCUT2D eigenvalue weighted by Gasteiger charge is -2.01. The van der Waals surface area contributed by atoms with Crippen molar-refractivity contribution in [3.05, 3.63) is 0 Å². The van der Waals surface area contributed by atoms with Crippen molar-refractivity contribution in [2.24, 2.45) is 0 Å². The molecule has 13 heavy (non-hydrogen) atoms. The average Bonchev–Trinajstić information content (AvgIpc) is 2.16. The molecule has 0 unspecified atom stereocenters. The Labute approximate surface area is 87.8 Å². The van der Waals surface area contributed by atoms with Crippen LogP contribution in [0, 0.1) is 0 Å². The highest BCUT2D eigenvalue weighted by molar-refractivity contribution is 6.17. The van der Waals surface area contributed by atoms with Crippen LogP contribution in [0.4, 0.5) is 0 Å². The van der Waals surface area contributed by atoms with Gasteiger partial charge < -0.3 is 4.74 Å². The predicted octanol–water partition coefficient (Wildman–Crippen LogP) is 4.34. The summed E-state index contributed by atoms with van der Waals surface area (Å²) in [4.78, 5) is 0. The molecule has 80 valence electrons. The fourth-order valence-electron chi connectivity index (χ4n) is 1.39. The van der Waals surface area contributed by atoms with Gasteiger partial charge in [0.25, 0.3) is 0 Å². The van der Waals surface area contributed by atoms with E-state index in [0.717, 1.165) is 6.61 Å². The molecule has 0 heterocycles. The third-order valence-corrected chi connectivity index (χ3v) is 2.37. The Morgan fingerprint density at radius 1 is 0.846 bits per heavy atom. The summed E-state index contributed by atoms with van der Waals surface area (Å²) < 4.78 is 5.04. The van der Waals surface area contributed by atoms with Gasteiger partial charge in [0.05, 0.1) is 0 Å². The minimum absolute atomic E-state index is 0.344. The Bertz CT molecular complexity index is 76.2. The SMILES string of the molecule is CCCCCCCCCCOCCl. The standard InChI is InChI=1S/C11H23ClO/c1-2-3-4-5-6-7-8-9-10-13-11-12/h2-11H2,1H3. The van der Waals surface area contributed by atoms with E-state index in [1.165, 1.54) is 51.4 Å². The molecule has 0 atom stereocenters. The molecule has 0 aliphatic rings. The maximum Gasteiger partial charge on any atom is 0.120 e. The zero-order valence-corrected chi connectivity index (χ0v) is 9.61. The second kappa shape index (κ2) is 12.2. The van der Waals surface area contributed by atoms with E-state index in [0.29, 0.717) is 6.07 Å². The quantitative estimate of drug-likeness (QED) is 0.382. The van der Waals surface area contributed by atoms with E-state index in [2.05, 4.69) is 6.92 Å². The Hall–Kier alpha value is 0.250. The number of hydrogen-bond donors (Lipinski definition) is 0. The van der Waals surface area contributed by atoms with Gasteiger partial charge in [-0.3, -0.25) is 0 Å². The van der Waals surface area contributed by atoms with E-state index in [4.69, 9.17) is 16.3 Å². The summed E-state index contributed by atoms with van der Waals surface area (Å²) in [6, 6.07) is 0.344. The Morgan fingerprint density at radius 2 is 1.38 bits per heavy atom. The normalized spacial score (nSPS) is 10.6. The molecule has 0 saturated carbocycles. The van der Waals surface area contributed by atoms with Crippen LogP contribution in [0.15, 0.2) is 0 Å². The van der Waals surface area contributed by atoms with Gasteiger partial charge in [-0.2, -0.15) is 0 Å². The second-order valence-corrected chi connectivity index (χ2v) is 3.71. The molecular weight excluding hydrogens is 184 g/mol. The molecular formula is C11H23ClO. The van der Waals surface area contributed by atoms with E-state index >= 15 is 0 Å². The first-order chi connectivity index (χ1) is 6.41. The Balaban J connectivity index is 2.76. The van der Waals surface area contributed by atoms with Crippen LogP contribution in [0.3, 0.4) is 0 Å². The maximum absolute atomic E-state index is 5.38. The zero-order valence-electron chi connectivity index (χ0n) is 8.86. The highest BCUT2D eigenvalue weighted by atomic mass is 35.5. The van der Waals surface area contributed by atoms with Crippen molar-refractivity contribution >= 4 is 11.6 Å². The molecule has 0 spiro atoms. The molecule has 0 aliphatic heterocycles. The average molecular weight is 207 g/mol. The molecule has 0 fully saturated rings. The summed E-state index contributed by atoms with van der Waals surface area (Å²) in [6.07, 6.45) is 10.8. The number of rotatable bonds is 10. The van der Waals surface area contributed by atoms with Crippen LogP contribution in [-0.2, 0) is 4.74 Å². The van der Waals surface area contributed by atoms with E-state index in [9.17, 15) is 0 Å². The van der Waals surface area contributed by atoms with Crippen molar-refractivity contribution in [2.45, 2.75) is 58.3 Å². The summed E-state index contributed by atoms with van der Waals surface area (Å²) in [7, 11) is 0. The third kappa shape index (κ3) is 12.2. The number of alkyl halides is 1. The number of unbranched alkanes of at least 4 members (excludes halogenated alkanes) is 7.